The molecule has 0 spiro atoms. The van der Waals surface area contributed by atoms with Gasteiger partial charge < -0.3 is 14.9 Å². The molecule has 0 saturated carbocycles. The third kappa shape index (κ3) is 4.76. The molecule has 0 bridgehead atoms. The molecule has 0 radical (unpaired) electrons. The molecule has 2 aromatic rings. The highest BCUT2D eigenvalue weighted by Crippen LogP contribution is 2.30. The first-order valence-corrected chi connectivity index (χ1v) is 8.66. The summed E-state index contributed by atoms with van der Waals surface area (Å²) in [5.41, 5.74) is 1.20. The van der Waals surface area contributed by atoms with Gasteiger partial charge in [0.05, 0.1) is 17.9 Å². The number of aromatic nitrogens is 1. The first kappa shape index (κ1) is 20.0. The van der Waals surface area contributed by atoms with Crippen LogP contribution in [-0.4, -0.2) is 33.6 Å². The fraction of sp³-hybridized carbons (Fsp3) is 0.300. The van der Waals surface area contributed by atoms with Crippen molar-refractivity contribution in [3.63, 3.8) is 0 Å². The molecular formula is C20H19F3N2O3. The fourth-order valence-electron chi connectivity index (χ4n) is 2.80. The van der Waals surface area contributed by atoms with Crippen LogP contribution in [0, 0.1) is 5.92 Å². The van der Waals surface area contributed by atoms with Crippen molar-refractivity contribution in [3.8, 4) is 11.6 Å². The van der Waals surface area contributed by atoms with Crippen molar-refractivity contribution in [3.05, 3.63) is 65.5 Å². The fourth-order valence-corrected chi connectivity index (χ4v) is 2.80. The third-order valence-corrected chi connectivity index (χ3v) is 4.22. The quantitative estimate of drug-likeness (QED) is 0.808. The van der Waals surface area contributed by atoms with E-state index in [-0.39, 0.29) is 11.8 Å². The molecule has 1 aliphatic heterocycles. The van der Waals surface area contributed by atoms with E-state index in [1.165, 1.54) is 0 Å². The lowest BCUT2D eigenvalue weighted by Crippen LogP contribution is -2.20. The number of hydrogen-bond donors (Lipinski definition) is 2. The molecule has 1 unspecified atom stereocenters. The molecule has 2 heterocycles. The number of benzene rings is 1. The van der Waals surface area contributed by atoms with E-state index in [4.69, 9.17) is 9.84 Å². The molecule has 28 heavy (non-hydrogen) atoms. The second-order valence-electron chi connectivity index (χ2n) is 6.54. The average molecular weight is 392 g/mol. The molecule has 1 aromatic carbocycles. The molecule has 148 valence electrons. The lowest BCUT2D eigenvalue weighted by atomic mass is 9.94. The van der Waals surface area contributed by atoms with Gasteiger partial charge in [0.2, 0.25) is 5.88 Å². The summed E-state index contributed by atoms with van der Waals surface area (Å²) in [6.07, 6.45) is -2.23. The number of nitrogens with zero attached hydrogens (tertiary/aromatic N) is 2. The van der Waals surface area contributed by atoms with Gasteiger partial charge >= 0.3 is 6.18 Å². The number of rotatable bonds is 5. The molecule has 0 saturated heterocycles. The van der Waals surface area contributed by atoms with Crippen LogP contribution in [0.2, 0.25) is 0 Å². The van der Waals surface area contributed by atoms with Crippen molar-refractivity contribution in [2.75, 3.05) is 6.61 Å². The van der Waals surface area contributed by atoms with Crippen LogP contribution in [0.3, 0.4) is 0 Å². The molecule has 0 amide bonds. The first-order valence-electron chi connectivity index (χ1n) is 8.66. The van der Waals surface area contributed by atoms with Crippen molar-refractivity contribution < 1.29 is 28.1 Å². The number of hydrogen-bond acceptors (Lipinski definition) is 5. The summed E-state index contributed by atoms with van der Waals surface area (Å²) in [7, 11) is 0. The van der Waals surface area contributed by atoms with E-state index in [0.717, 1.165) is 29.6 Å². The normalized spacial score (nSPS) is 18.3. The average Bonchev–Trinajstić information content (AvgIpc) is 2.67. The number of aliphatic hydroxyl groups is 2. The Hall–Kier alpha value is -2.71. The molecule has 1 aromatic heterocycles. The van der Waals surface area contributed by atoms with Crippen LogP contribution in [0.15, 0.2) is 59.4 Å². The first-order chi connectivity index (χ1) is 13.3. The van der Waals surface area contributed by atoms with Gasteiger partial charge in [-0.05, 0) is 48.2 Å². The zero-order valence-corrected chi connectivity index (χ0v) is 15.0. The van der Waals surface area contributed by atoms with Gasteiger partial charge in [-0.2, -0.15) is 13.2 Å². The predicted octanol–water partition coefficient (Wildman–Crippen LogP) is 3.96. The number of ether oxygens (including phenoxy) is 1. The van der Waals surface area contributed by atoms with Crippen molar-refractivity contribution in [2.24, 2.45) is 10.9 Å². The lowest BCUT2D eigenvalue weighted by molar-refractivity contribution is -0.137. The highest BCUT2D eigenvalue weighted by molar-refractivity contribution is 6.02. The third-order valence-electron chi connectivity index (χ3n) is 4.22. The van der Waals surface area contributed by atoms with Crippen LogP contribution in [0.1, 0.15) is 24.5 Å². The summed E-state index contributed by atoms with van der Waals surface area (Å²) in [4.78, 5) is 8.10. The molecule has 2 atom stereocenters. The molecule has 8 heteroatoms. The van der Waals surface area contributed by atoms with E-state index in [1.807, 2.05) is 13.0 Å². The zero-order valence-electron chi connectivity index (χ0n) is 15.0. The Morgan fingerprint density at radius 1 is 1.18 bits per heavy atom. The minimum Gasteiger partial charge on any atom is -0.439 e. The van der Waals surface area contributed by atoms with Crippen LogP contribution in [-0.2, 0) is 6.18 Å². The van der Waals surface area contributed by atoms with Crippen LogP contribution in [0.4, 0.5) is 13.2 Å². The van der Waals surface area contributed by atoms with Crippen LogP contribution in [0.25, 0.3) is 0 Å². The number of allylic oxidation sites excluding steroid dienone is 1. The Labute approximate surface area is 159 Å². The Morgan fingerprint density at radius 2 is 1.89 bits per heavy atom. The zero-order chi connectivity index (χ0) is 20.3. The van der Waals surface area contributed by atoms with Gasteiger partial charge in [-0.25, -0.2) is 4.98 Å². The SMILES string of the molecule is CC1C=C([C@@H](O)CO)N=C(c2ccc(Oc3ccc(C(F)(F)F)cn3)cc2)C1. The van der Waals surface area contributed by atoms with Gasteiger partial charge in [0.1, 0.15) is 11.9 Å². The molecule has 0 aliphatic carbocycles. The molecule has 3 rings (SSSR count). The van der Waals surface area contributed by atoms with E-state index < -0.39 is 24.5 Å². The Balaban J connectivity index is 1.73. The van der Waals surface area contributed by atoms with Gasteiger partial charge in [-0.1, -0.05) is 13.0 Å². The van der Waals surface area contributed by atoms with Gasteiger partial charge in [-0.3, -0.25) is 4.99 Å². The molecule has 2 N–H and O–H groups in total. The molecule has 0 fully saturated rings. The minimum absolute atomic E-state index is 0.0562. The van der Waals surface area contributed by atoms with Gasteiger partial charge in [0.25, 0.3) is 0 Å². The van der Waals surface area contributed by atoms with E-state index in [1.54, 1.807) is 24.3 Å². The van der Waals surface area contributed by atoms with Crippen LogP contribution in [0.5, 0.6) is 11.6 Å². The maximum absolute atomic E-state index is 12.6. The van der Waals surface area contributed by atoms with Gasteiger partial charge in [-0.15, -0.1) is 0 Å². The van der Waals surface area contributed by atoms with E-state index in [2.05, 4.69) is 9.98 Å². The van der Waals surface area contributed by atoms with Crippen molar-refractivity contribution >= 4 is 5.71 Å². The number of alkyl halides is 3. The Kier molecular flexibility index (Phi) is 5.81. The summed E-state index contributed by atoms with van der Waals surface area (Å²) in [6.45, 7) is 1.59. The monoisotopic (exact) mass is 392 g/mol. The summed E-state index contributed by atoms with van der Waals surface area (Å²) >= 11 is 0. The standard InChI is InChI=1S/C20H19F3N2O3/c1-12-8-16(25-17(9-12)18(27)11-26)13-2-5-15(6-3-13)28-19-7-4-14(10-24-19)20(21,22)23/h2-7,9-10,12,18,26-27H,8,11H2,1H3/t12?,18-/m0/s1. The summed E-state index contributed by atoms with van der Waals surface area (Å²) in [5, 5.41) is 18.9. The topological polar surface area (TPSA) is 74.9 Å². The maximum atomic E-state index is 12.6. The lowest BCUT2D eigenvalue weighted by Gasteiger charge is -2.20. The number of aliphatic imine (C=N–C) groups is 1. The van der Waals surface area contributed by atoms with E-state index in [9.17, 15) is 18.3 Å². The Bertz CT molecular complexity index is 875. The molecule has 5 nitrogen and oxygen atoms in total. The number of halogens is 3. The molecule has 1 aliphatic rings. The predicted molar refractivity (Wildman–Crippen MR) is 97.2 cm³/mol. The number of aliphatic hydroxyl groups excluding tert-OH is 2. The second kappa shape index (κ2) is 8.12. The highest BCUT2D eigenvalue weighted by Gasteiger charge is 2.30. The highest BCUT2D eigenvalue weighted by atomic mass is 19.4. The largest absolute Gasteiger partial charge is 0.439 e. The summed E-state index contributed by atoms with van der Waals surface area (Å²) in [5.74, 6) is 0.642. The van der Waals surface area contributed by atoms with Crippen molar-refractivity contribution in [1.82, 2.24) is 4.98 Å². The van der Waals surface area contributed by atoms with Gasteiger partial charge in [0.15, 0.2) is 0 Å². The maximum Gasteiger partial charge on any atom is 0.417 e. The van der Waals surface area contributed by atoms with Crippen LogP contribution < -0.4 is 4.74 Å². The minimum atomic E-state index is -4.44. The number of pyridine rings is 1. The van der Waals surface area contributed by atoms with E-state index >= 15 is 0 Å². The second-order valence-corrected chi connectivity index (χ2v) is 6.54. The summed E-state index contributed by atoms with van der Waals surface area (Å²) in [6, 6.07) is 8.97. The van der Waals surface area contributed by atoms with Crippen molar-refractivity contribution in [1.29, 1.82) is 0 Å². The van der Waals surface area contributed by atoms with Gasteiger partial charge in [0, 0.05) is 18.0 Å². The van der Waals surface area contributed by atoms with E-state index in [0.29, 0.717) is 17.9 Å². The Morgan fingerprint density at radius 3 is 2.46 bits per heavy atom. The molecular weight excluding hydrogens is 373 g/mol. The smallest absolute Gasteiger partial charge is 0.417 e. The van der Waals surface area contributed by atoms with Crippen LogP contribution >= 0.6 is 0 Å². The summed E-state index contributed by atoms with van der Waals surface area (Å²) < 4.78 is 43.2. The van der Waals surface area contributed by atoms with Crippen molar-refractivity contribution in [2.45, 2.75) is 25.6 Å².